The van der Waals surface area contributed by atoms with Gasteiger partial charge in [-0.1, -0.05) is 0 Å². The molecule has 1 rings (SSSR count). The molecule has 0 bridgehead atoms. The molecule has 0 atom stereocenters. The van der Waals surface area contributed by atoms with Crippen molar-refractivity contribution in [1.29, 1.82) is 0 Å². The average molecular weight is 254 g/mol. The number of rotatable bonds is 2. The number of nitrogens with one attached hydrogen (secondary N) is 1. The third kappa shape index (κ3) is 4.48. The van der Waals surface area contributed by atoms with E-state index in [1.54, 1.807) is 27.8 Å². The van der Waals surface area contributed by atoms with E-state index in [0.717, 1.165) is 6.07 Å². The summed E-state index contributed by atoms with van der Waals surface area (Å²) in [5, 5.41) is 9.28. The molecular formula is C12H18N2O4. The SMILES string of the molecule is CN(Cc1cc(O)cc(=O)[nH]1)C(=O)OC(C)(C)C. The molecule has 0 saturated heterocycles. The molecule has 6 nitrogen and oxygen atoms in total. The van der Waals surface area contributed by atoms with Crippen molar-refractivity contribution in [1.82, 2.24) is 9.88 Å². The lowest BCUT2D eigenvalue weighted by Gasteiger charge is -2.24. The van der Waals surface area contributed by atoms with Gasteiger partial charge >= 0.3 is 6.09 Å². The van der Waals surface area contributed by atoms with Crippen LogP contribution in [0.5, 0.6) is 5.75 Å². The number of aromatic nitrogens is 1. The topological polar surface area (TPSA) is 82.6 Å². The predicted octanol–water partition coefficient (Wildman–Crippen LogP) is 1.45. The van der Waals surface area contributed by atoms with Gasteiger partial charge in [0.2, 0.25) is 0 Å². The Hall–Kier alpha value is -1.98. The Bertz CT molecular complexity index is 488. The van der Waals surface area contributed by atoms with Crippen LogP contribution in [0.3, 0.4) is 0 Å². The Morgan fingerprint density at radius 3 is 2.56 bits per heavy atom. The summed E-state index contributed by atoms with van der Waals surface area (Å²) >= 11 is 0. The summed E-state index contributed by atoms with van der Waals surface area (Å²) in [6.07, 6.45) is -0.494. The number of nitrogens with zero attached hydrogens (tertiary/aromatic N) is 1. The molecule has 0 aliphatic rings. The minimum absolute atomic E-state index is 0.133. The molecule has 18 heavy (non-hydrogen) atoms. The molecule has 100 valence electrons. The highest BCUT2D eigenvalue weighted by atomic mass is 16.6. The molecule has 6 heteroatoms. The third-order valence-corrected chi connectivity index (χ3v) is 2.00. The second kappa shape index (κ2) is 5.12. The first-order chi connectivity index (χ1) is 8.17. The molecular weight excluding hydrogens is 236 g/mol. The van der Waals surface area contributed by atoms with Gasteiger partial charge in [-0.05, 0) is 20.8 Å². The smallest absolute Gasteiger partial charge is 0.410 e. The summed E-state index contributed by atoms with van der Waals surface area (Å²) < 4.78 is 5.16. The number of hydrogen-bond acceptors (Lipinski definition) is 4. The van der Waals surface area contributed by atoms with E-state index < -0.39 is 17.3 Å². The Labute approximate surface area is 105 Å². The van der Waals surface area contributed by atoms with Gasteiger partial charge in [-0.3, -0.25) is 4.79 Å². The zero-order valence-corrected chi connectivity index (χ0v) is 11.0. The molecule has 0 aromatic carbocycles. The molecule has 0 spiro atoms. The number of aromatic hydroxyl groups is 1. The van der Waals surface area contributed by atoms with Crippen molar-refractivity contribution in [2.24, 2.45) is 0 Å². The number of H-pyrrole nitrogens is 1. The number of carbonyl (C=O) groups is 1. The summed E-state index contributed by atoms with van der Waals surface area (Å²) in [6, 6.07) is 2.46. The van der Waals surface area contributed by atoms with E-state index in [-0.39, 0.29) is 12.3 Å². The Morgan fingerprint density at radius 2 is 2.06 bits per heavy atom. The van der Waals surface area contributed by atoms with Crippen molar-refractivity contribution in [2.45, 2.75) is 32.9 Å². The van der Waals surface area contributed by atoms with Gasteiger partial charge < -0.3 is 19.7 Å². The maximum absolute atomic E-state index is 11.7. The van der Waals surface area contributed by atoms with Crippen molar-refractivity contribution in [3.63, 3.8) is 0 Å². The lowest BCUT2D eigenvalue weighted by Crippen LogP contribution is -2.34. The third-order valence-electron chi connectivity index (χ3n) is 2.00. The molecule has 1 aromatic rings. The van der Waals surface area contributed by atoms with Gasteiger partial charge in [0.25, 0.3) is 5.56 Å². The molecule has 1 aromatic heterocycles. The quantitative estimate of drug-likeness (QED) is 0.836. The summed E-state index contributed by atoms with van der Waals surface area (Å²) in [5.41, 5.74) is -0.548. The van der Waals surface area contributed by atoms with Gasteiger partial charge in [-0.2, -0.15) is 0 Å². The van der Waals surface area contributed by atoms with Crippen molar-refractivity contribution in [3.8, 4) is 5.75 Å². The molecule has 0 radical (unpaired) electrons. The van der Waals surface area contributed by atoms with Crippen LogP contribution >= 0.6 is 0 Å². The van der Waals surface area contributed by atoms with Crippen LogP contribution < -0.4 is 5.56 Å². The fourth-order valence-corrected chi connectivity index (χ4v) is 1.33. The summed E-state index contributed by atoms with van der Waals surface area (Å²) in [7, 11) is 1.55. The van der Waals surface area contributed by atoms with E-state index in [9.17, 15) is 14.7 Å². The second-order valence-electron chi connectivity index (χ2n) is 5.06. The van der Waals surface area contributed by atoms with E-state index in [2.05, 4.69) is 4.98 Å². The number of pyridine rings is 1. The highest BCUT2D eigenvalue weighted by Gasteiger charge is 2.19. The van der Waals surface area contributed by atoms with Crippen LogP contribution in [-0.2, 0) is 11.3 Å². The summed E-state index contributed by atoms with van der Waals surface area (Å²) in [6.45, 7) is 5.47. The second-order valence-corrected chi connectivity index (χ2v) is 5.06. The zero-order valence-electron chi connectivity index (χ0n) is 11.0. The molecule has 0 saturated carbocycles. The maximum Gasteiger partial charge on any atom is 0.410 e. The van der Waals surface area contributed by atoms with Crippen LogP contribution in [0, 0.1) is 0 Å². The van der Waals surface area contributed by atoms with Gasteiger partial charge in [0.15, 0.2) is 0 Å². The zero-order chi connectivity index (χ0) is 13.9. The molecule has 1 amide bonds. The number of hydrogen-bond donors (Lipinski definition) is 2. The van der Waals surface area contributed by atoms with Crippen LogP contribution in [0.15, 0.2) is 16.9 Å². The van der Waals surface area contributed by atoms with E-state index in [1.165, 1.54) is 11.0 Å². The normalized spacial score (nSPS) is 11.1. The standard InChI is InChI=1S/C12H18N2O4/c1-12(2,3)18-11(17)14(4)7-8-5-9(15)6-10(16)13-8/h5-6H,7H2,1-4H3,(H2,13,15,16). The van der Waals surface area contributed by atoms with Crippen LogP contribution in [0.2, 0.25) is 0 Å². The number of carbonyl (C=O) groups excluding carboxylic acids is 1. The van der Waals surface area contributed by atoms with Crippen molar-refractivity contribution in [2.75, 3.05) is 7.05 Å². The largest absolute Gasteiger partial charge is 0.508 e. The van der Waals surface area contributed by atoms with E-state index in [1.807, 2.05) is 0 Å². The van der Waals surface area contributed by atoms with Crippen molar-refractivity contribution in [3.05, 3.63) is 28.2 Å². The fraction of sp³-hybridized carbons (Fsp3) is 0.500. The summed E-state index contributed by atoms with van der Waals surface area (Å²) in [5.74, 6) is -0.133. The highest BCUT2D eigenvalue weighted by molar-refractivity contribution is 5.67. The van der Waals surface area contributed by atoms with Crippen molar-refractivity contribution >= 4 is 6.09 Å². The lowest BCUT2D eigenvalue weighted by atomic mass is 10.2. The first kappa shape index (κ1) is 14.1. The molecule has 0 aliphatic carbocycles. The Kier molecular flexibility index (Phi) is 4.00. The van der Waals surface area contributed by atoms with Gasteiger partial charge in [-0.15, -0.1) is 0 Å². The monoisotopic (exact) mass is 254 g/mol. The predicted molar refractivity (Wildman–Crippen MR) is 66.4 cm³/mol. The van der Waals surface area contributed by atoms with Gasteiger partial charge in [0, 0.05) is 24.9 Å². The number of amides is 1. The minimum Gasteiger partial charge on any atom is -0.508 e. The Balaban J connectivity index is 2.72. The van der Waals surface area contributed by atoms with Gasteiger partial charge in [0.05, 0.1) is 6.54 Å². The van der Waals surface area contributed by atoms with Crippen LogP contribution in [0.25, 0.3) is 0 Å². The van der Waals surface area contributed by atoms with Crippen LogP contribution in [-0.4, -0.2) is 33.7 Å². The number of ether oxygens (including phenoxy) is 1. The van der Waals surface area contributed by atoms with E-state index >= 15 is 0 Å². The average Bonchev–Trinajstić information content (AvgIpc) is 2.12. The van der Waals surface area contributed by atoms with Gasteiger partial charge in [-0.25, -0.2) is 4.79 Å². The minimum atomic E-state index is -0.572. The Morgan fingerprint density at radius 1 is 1.44 bits per heavy atom. The van der Waals surface area contributed by atoms with Crippen molar-refractivity contribution < 1.29 is 14.6 Å². The van der Waals surface area contributed by atoms with E-state index in [0.29, 0.717) is 5.69 Å². The molecule has 0 aliphatic heterocycles. The molecule has 0 unspecified atom stereocenters. The highest BCUT2D eigenvalue weighted by Crippen LogP contribution is 2.11. The molecule has 2 N–H and O–H groups in total. The fourth-order valence-electron chi connectivity index (χ4n) is 1.33. The maximum atomic E-state index is 11.7. The van der Waals surface area contributed by atoms with Gasteiger partial charge in [0.1, 0.15) is 11.4 Å². The van der Waals surface area contributed by atoms with Crippen LogP contribution in [0.1, 0.15) is 26.5 Å². The first-order valence-electron chi connectivity index (χ1n) is 5.54. The van der Waals surface area contributed by atoms with E-state index in [4.69, 9.17) is 4.74 Å². The molecule has 0 fully saturated rings. The number of aromatic amines is 1. The summed E-state index contributed by atoms with van der Waals surface area (Å²) in [4.78, 5) is 26.7. The lowest BCUT2D eigenvalue weighted by molar-refractivity contribution is 0.0283. The first-order valence-corrected chi connectivity index (χ1v) is 5.54. The van der Waals surface area contributed by atoms with Crippen LogP contribution in [0.4, 0.5) is 4.79 Å². The molecule has 1 heterocycles.